The smallest absolute Gasteiger partial charge is 0.214 e. The second kappa shape index (κ2) is 3.55. The number of hydrogen-bond acceptors (Lipinski definition) is 3. The summed E-state index contributed by atoms with van der Waals surface area (Å²) in [5.41, 5.74) is 0. The van der Waals surface area contributed by atoms with Gasteiger partial charge < -0.3 is 5.32 Å². The first-order valence-electron chi connectivity index (χ1n) is 4.90. The van der Waals surface area contributed by atoms with Gasteiger partial charge in [-0.2, -0.15) is 0 Å². The molecule has 4 nitrogen and oxygen atoms in total. The molecule has 0 spiro atoms. The summed E-state index contributed by atoms with van der Waals surface area (Å²) in [5.74, 6) is 0.344. The highest BCUT2D eigenvalue weighted by Gasteiger charge is 2.28. The van der Waals surface area contributed by atoms with Crippen LogP contribution >= 0.6 is 0 Å². The first kappa shape index (κ1) is 9.43. The molecule has 0 aromatic rings. The summed E-state index contributed by atoms with van der Waals surface area (Å²) in [7, 11) is -2.87. The van der Waals surface area contributed by atoms with E-state index in [1.54, 1.807) is 4.31 Å². The second-order valence-corrected chi connectivity index (χ2v) is 5.89. The summed E-state index contributed by atoms with van der Waals surface area (Å²) in [6.07, 6.45) is 3.31. The molecule has 2 fully saturated rings. The average molecular weight is 204 g/mol. The molecule has 0 unspecified atom stereocenters. The number of sulfonamides is 1. The molecule has 1 saturated carbocycles. The van der Waals surface area contributed by atoms with Crippen molar-refractivity contribution in [3.05, 3.63) is 0 Å². The van der Waals surface area contributed by atoms with Crippen molar-refractivity contribution in [3.63, 3.8) is 0 Å². The summed E-state index contributed by atoms with van der Waals surface area (Å²) in [4.78, 5) is 0. The monoisotopic (exact) mass is 204 g/mol. The third-order valence-corrected chi connectivity index (χ3v) is 4.53. The zero-order valence-electron chi connectivity index (χ0n) is 7.70. The standard InChI is InChI=1S/C8H16N2O2S/c11-13(12)7-1-5-10(13)6-4-9-8-2-3-8/h8-9H,1-7H2. The first-order valence-corrected chi connectivity index (χ1v) is 6.50. The van der Waals surface area contributed by atoms with E-state index in [2.05, 4.69) is 5.32 Å². The van der Waals surface area contributed by atoms with Crippen LogP contribution in [0.2, 0.25) is 0 Å². The predicted molar refractivity (Wildman–Crippen MR) is 51.0 cm³/mol. The second-order valence-electron chi connectivity index (χ2n) is 3.80. The van der Waals surface area contributed by atoms with Crippen molar-refractivity contribution in [2.75, 3.05) is 25.4 Å². The molecule has 5 heteroatoms. The van der Waals surface area contributed by atoms with E-state index in [0.717, 1.165) is 13.0 Å². The van der Waals surface area contributed by atoms with E-state index in [-0.39, 0.29) is 0 Å². The Morgan fingerprint density at radius 2 is 2.15 bits per heavy atom. The minimum absolute atomic E-state index is 0.344. The van der Waals surface area contributed by atoms with Crippen LogP contribution in [0.5, 0.6) is 0 Å². The maximum absolute atomic E-state index is 11.4. The van der Waals surface area contributed by atoms with Crippen molar-refractivity contribution < 1.29 is 8.42 Å². The molecular weight excluding hydrogens is 188 g/mol. The van der Waals surface area contributed by atoms with Crippen LogP contribution in [0.4, 0.5) is 0 Å². The molecule has 2 rings (SSSR count). The maximum atomic E-state index is 11.4. The molecule has 0 aromatic carbocycles. The lowest BCUT2D eigenvalue weighted by Gasteiger charge is -2.13. The molecule has 2 aliphatic rings. The number of nitrogens with zero attached hydrogens (tertiary/aromatic N) is 1. The number of hydrogen-bond donors (Lipinski definition) is 1. The molecule has 1 aliphatic heterocycles. The van der Waals surface area contributed by atoms with Gasteiger partial charge in [-0.25, -0.2) is 12.7 Å². The Bertz CT molecular complexity index is 272. The predicted octanol–water partition coefficient (Wildman–Crippen LogP) is -0.226. The zero-order chi connectivity index (χ0) is 9.31. The van der Waals surface area contributed by atoms with E-state index in [9.17, 15) is 8.42 Å². The van der Waals surface area contributed by atoms with Crippen molar-refractivity contribution in [1.82, 2.24) is 9.62 Å². The Kier molecular flexibility index (Phi) is 2.58. The lowest BCUT2D eigenvalue weighted by Crippen LogP contribution is -2.34. The van der Waals surface area contributed by atoms with Crippen LogP contribution in [0.25, 0.3) is 0 Å². The Balaban J connectivity index is 1.73. The summed E-state index contributed by atoms with van der Waals surface area (Å²) in [5, 5.41) is 3.32. The van der Waals surface area contributed by atoms with Gasteiger partial charge in [-0.15, -0.1) is 0 Å². The normalized spacial score (nSPS) is 28.0. The van der Waals surface area contributed by atoms with Crippen LogP contribution in [0.15, 0.2) is 0 Å². The number of nitrogens with one attached hydrogen (secondary N) is 1. The van der Waals surface area contributed by atoms with E-state index in [1.165, 1.54) is 12.8 Å². The first-order chi connectivity index (χ1) is 6.18. The number of rotatable bonds is 4. The third-order valence-electron chi connectivity index (χ3n) is 2.57. The van der Waals surface area contributed by atoms with Crippen LogP contribution in [0.3, 0.4) is 0 Å². The van der Waals surface area contributed by atoms with Crippen LogP contribution < -0.4 is 5.32 Å². The minimum Gasteiger partial charge on any atom is -0.313 e. The quantitative estimate of drug-likeness (QED) is 0.688. The van der Waals surface area contributed by atoms with Gasteiger partial charge in [0.2, 0.25) is 10.0 Å². The average Bonchev–Trinajstić information content (AvgIpc) is 2.79. The molecule has 1 aliphatic carbocycles. The van der Waals surface area contributed by atoms with Crippen LogP contribution in [-0.2, 0) is 10.0 Å². The van der Waals surface area contributed by atoms with Crippen LogP contribution in [0.1, 0.15) is 19.3 Å². The lowest BCUT2D eigenvalue weighted by molar-refractivity contribution is 0.433. The van der Waals surface area contributed by atoms with Gasteiger partial charge in [0.05, 0.1) is 5.75 Å². The Labute approximate surface area is 79.4 Å². The minimum atomic E-state index is -2.87. The molecule has 0 bridgehead atoms. The van der Waals surface area contributed by atoms with Gasteiger partial charge in [0.15, 0.2) is 0 Å². The summed E-state index contributed by atoms with van der Waals surface area (Å²) in [6.45, 7) is 2.18. The van der Waals surface area contributed by atoms with E-state index in [1.807, 2.05) is 0 Å². The fourth-order valence-corrected chi connectivity index (χ4v) is 3.15. The molecule has 0 aromatic heterocycles. The fourth-order valence-electron chi connectivity index (χ4n) is 1.62. The molecule has 0 atom stereocenters. The molecule has 0 radical (unpaired) electrons. The largest absolute Gasteiger partial charge is 0.313 e. The molecule has 1 saturated heterocycles. The highest BCUT2D eigenvalue weighted by Crippen LogP contribution is 2.18. The van der Waals surface area contributed by atoms with Gasteiger partial charge in [-0.3, -0.25) is 0 Å². The van der Waals surface area contributed by atoms with Gasteiger partial charge in [-0.1, -0.05) is 0 Å². The van der Waals surface area contributed by atoms with E-state index in [4.69, 9.17) is 0 Å². The Morgan fingerprint density at radius 1 is 1.38 bits per heavy atom. The fraction of sp³-hybridized carbons (Fsp3) is 1.00. The molecule has 1 heterocycles. The summed E-state index contributed by atoms with van der Waals surface area (Å²) in [6, 6.07) is 0.672. The lowest BCUT2D eigenvalue weighted by atomic mass is 10.4. The summed E-state index contributed by atoms with van der Waals surface area (Å²) < 4.78 is 24.3. The molecule has 1 N–H and O–H groups in total. The molecule has 76 valence electrons. The molecule has 0 amide bonds. The highest BCUT2D eigenvalue weighted by atomic mass is 32.2. The van der Waals surface area contributed by atoms with Gasteiger partial charge in [0.1, 0.15) is 0 Å². The zero-order valence-corrected chi connectivity index (χ0v) is 8.52. The molecular formula is C8H16N2O2S. The van der Waals surface area contributed by atoms with E-state index >= 15 is 0 Å². The van der Waals surface area contributed by atoms with Crippen LogP contribution in [-0.4, -0.2) is 44.2 Å². The van der Waals surface area contributed by atoms with Crippen molar-refractivity contribution in [3.8, 4) is 0 Å². The van der Waals surface area contributed by atoms with Gasteiger partial charge >= 0.3 is 0 Å². The Hall–Kier alpha value is -0.130. The van der Waals surface area contributed by atoms with Gasteiger partial charge in [0, 0.05) is 25.7 Å². The van der Waals surface area contributed by atoms with Gasteiger partial charge in [0.25, 0.3) is 0 Å². The topological polar surface area (TPSA) is 49.4 Å². The van der Waals surface area contributed by atoms with Crippen molar-refractivity contribution in [1.29, 1.82) is 0 Å². The molecule has 13 heavy (non-hydrogen) atoms. The highest BCUT2D eigenvalue weighted by molar-refractivity contribution is 7.89. The SMILES string of the molecule is O=S1(=O)CCCN1CCNC1CC1. The summed E-state index contributed by atoms with van der Waals surface area (Å²) >= 11 is 0. The van der Waals surface area contributed by atoms with E-state index < -0.39 is 10.0 Å². The van der Waals surface area contributed by atoms with Crippen molar-refractivity contribution >= 4 is 10.0 Å². The Morgan fingerprint density at radius 3 is 2.69 bits per heavy atom. The van der Waals surface area contributed by atoms with Gasteiger partial charge in [-0.05, 0) is 19.3 Å². The van der Waals surface area contributed by atoms with E-state index in [0.29, 0.717) is 24.9 Å². The maximum Gasteiger partial charge on any atom is 0.214 e. The van der Waals surface area contributed by atoms with Crippen LogP contribution in [0, 0.1) is 0 Å². The third kappa shape index (κ3) is 2.42. The van der Waals surface area contributed by atoms with Crippen molar-refractivity contribution in [2.24, 2.45) is 0 Å². The van der Waals surface area contributed by atoms with Crippen molar-refractivity contribution in [2.45, 2.75) is 25.3 Å².